The van der Waals surface area contributed by atoms with E-state index in [0.717, 1.165) is 19.3 Å². The first-order valence-corrected chi connectivity index (χ1v) is 5.82. The van der Waals surface area contributed by atoms with Crippen molar-refractivity contribution in [3.05, 3.63) is 24.3 Å². The molecule has 0 bridgehead atoms. The summed E-state index contributed by atoms with van der Waals surface area (Å²) in [6, 6.07) is 0. The zero-order valence-electron chi connectivity index (χ0n) is 9.41. The lowest BCUT2D eigenvalue weighted by Gasteiger charge is -1.91. The van der Waals surface area contributed by atoms with Gasteiger partial charge < -0.3 is 5.11 Å². The largest absolute Gasteiger partial charge is 0.396 e. The quantitative estimate of drug-likeness (QED) is 0.439. The highest BCUT2D eigenvalue weighted by Gasteiger charge is 1.81. The van der Waals surface area contributed by atoms with Crippen LogP contribution in [0.4, 0.5) is 0 Å². The van der Waals surface area contributed by atoms with Gasteiger partial charge in [0.25, 0.3) is 0 Å². The fourth-order valence-corrected chi connectivity index (χ4v) is 1.23. The summed E-state index contributed by atoms with van der Waals surface area (Å²) in [5.41, 5.74) is 0. The Balaban J connectivity index is 3.13. The predicted molar refractivity (Wildman–Crippen MR) is 63.4 cm³/mol. The van der Waals surface area contributed by atoms with Crippen molar-refractivity contribution in [1.82, 2.24) is 0 Å². The molecule has 0 aliphatic heterocycles. The lowest BCUT2D eigenvalue weighted by molar-refractivity contribution is 0.289. The molecule has 0 aliphatic carbocycles. The molecule has 1 N–H and O–H groups in total. The summed E-state index contributed by atoms with van der Waals surface area (Å²) in [6.07, 6.45) is 16.9. The third-order valence-corrected chi connectivity index (χ3v) is 2.11. The van der Waals surface area contributed by atoms with Crippen LogP contribution in [0.15, 0.2) is 24.3 Å². The van der Waals surface area contributed by atoms with Gasteiger partial charge in [-0.05, 0) is 32.1 Å². The standard InChI is InChI=1S/C13H24O/c1-2-3-4-5-6-7-8-9-10-11-12-13-14/h6-7,9-10,14H,2-5,8,11-13H2,1H3/b7-6+,10-9-. The zero-order valence-corrected chi connectivity index (χ0v) is 9.41. The van der Waals surface area contributed by atoms with Gasteiger partial charge in [0.05, 0.1) is 0 Å². The molecular formula is C13H24O. The summed E-state index contributed by atoms with van der Waals surface area (Å²) in [7, 11) is 0. The van der Waals surface area contributed by atoms with Crippen LogP contribution in [0.1, 0.15) is 51.9 Å². The number of allylic oxidation sites excluding steroid dienone is 4. The maximum Gasteiger partial charge on any atom is 0.0433 e. The molecule has 0 aliphatic rings. The highest BCUT2D eigenvalue weighted by atomic mass is 16.2. The number of hydrogen-bond donors (Lipinski definition) is 1. The summed E-state index contributed by atoms with van der Waals surface area (Å²) in [6.45, 7) is 2.53. The molecule has 0 saturated carbocycles. The summed E-state index contributed by atoms with van der Waals surface area (Å²) in [5, 5.41) is 8.54. The first-order chi connectivity index (χ1) is 6.91. The van der Waals surface area contributed by atoms with Gasteiger partial charge in [0.1, 0.15) is 0 Å². The Hall–Kier alpha value is -0.560. The van der Waals surface area contributed by atoms with Crippen molar-refractivity contribution in [1.29, 1.82) is 0 Å². The van der Waals surface area contributed by atoms with Crippen molar-refractivity contribution in [3.63, 3.8) is 0 Å². The van der Waals surface area contributed by atoms with Crippen molar-refractivity contribution in [2.45, 2.75) is 51.9 Å². The molecule has 14 heavy (non-hydrogen) atoms. The van der Waals surface area contributed by atoms with Crippen LogP contribution in [0.2, 0.25) is 0 Å². The number of hydrogen-bond acceptors (Lipinski definition) is 1. The minimum absolute atomic E-state index is 0.303. The molecule has 1 heteroatoms. The molecule has 0 aromatic carbocycles. The fourth-order valence-electron chi connectivity index (χ4n) is 1.23. The highest BCUT2D eigenvalue weighted by Crippen LogP contribution is 2.00. The summed E-state index contributed by atoms with van der Waals surface area (Å²) < 4.78 is 0. The van der Waals surface area contributed by atoms with Crippen molar-refractivity contribution in [3.8, 4) is 0 Å². The lowest BCUT2D eigenvalue weighted by atomic mass is 10.2. The van der Waals surface area contributed by atoms with Crippen LogP contribution in [0, 0.1) is 0 Å². The minimum Gasteiger partial charge on any atom is -0.396 e. The van der Waals surface area contributed by atoms with Gasteiger partial charge in [-0.25, -0.2) is 0 Å². The van der Waals surface area contributed by atoms with E-state index in [1.165, 1.54) is 25.7 Å². The average molecular weight is 196 g/mol. The van der Waals surface area contributed by atoms with Gasteiger partial charge in [-0.15, -0.1) is 0 Å². The van der Waals surface area contributed by atoms with Crippen LogP contribution in [-0.4, -0.2) is 11.7 Å². The van der Waals surface area contributed by atoms with E-state index in [4.69, 9.17) is 5.11 Å². The third kappa shape index (κ3) is 11.4. The molecule has 0 fully saturated rings. The van der Waals surface area contributed by atoms with Crippen LogP contribution >= 0.6 is 0 Å². The van der Waals surface area contributed by atoms with Crippen molar-refractivity contribution < 1.29 is 5.11 Å². The van der Waals surface area contributed by atoms with E-state index in [2.05, 4.69) is 31.2 Å². The maximum atomic E-state index is 8.54. The number of rotatable bonds is 9. The number of aliphatic hydroxyl groups excluding tert-OH is 1. The topological polar surface area (TPSA) is 20.2 Å². The van der Waals surface area contributed by atoms with Crippen LogP contribution in [-0.2, 0) is 0 Å². The van der Waals surface area contributed by atoms with E-state index >= 15 is 0 Å². The van der Waals surface area contributed by atoms with E-state index in [9.17, 15) is 0 Å². The summed E-state index contributed by atoms with van der Waals surface area (Å²) >= 11 is 0. The Labute approximate surface area is 88.5 Å². The van der Waals surface area contributed by atoms with Gasteiger partial charge in [0.2, 0.25) is 0 Å². The molecule has 0 saturated heterocycles. The van der Waals surface area contributed by atoms with Crippen LogP contribution in [0.5, 0.6) is 0 Å². The Bertz CT molecular complexity index is 147. The van der Waals surface area contributed by atoms with Crippen molar-refractivity contribution in [2.75, 3.05) is 6.61 Å². The molecule has 1 nitrogen and oxygen atoms in total. The Morgan fingerprint density at radius 1 is 0.857 bits per heavy atom. The van der Waals surface area contributed by atoms with Crippen molar-refractivity contribution in [2.24, 2.45) is 0 Å². The molecule has 0 atom stereocenters. The van der Waals surface area contributed by atoms with Gasteiger partial charge in [0, 0.05) is 6.61 Å². The van der Waals surface area contributed by atoms with Gasteiger partial charge >= 0.3 is 0 Å². The normalized spacial score (nSPS) is 11.9. The monoisotopic (exact) mass is 196 g/mol. The van der Waals surface area contributed by atoms with Gasteiger partial charge in [0.15, 0.2) is 0 Å². The SMILES string of the molecule is CCCCC/C=C/C/C=C\CCCO. The van der Waals surface area contributed by atoms with E-state index in [-0.39, 0.29) is 0 Å². The lowest BCUT2D eigenvalue weighted by Crippen LogP contribution is -1.77. The second kappa shape index (κ2) is 12.4. The Morgan fingerprint density at radius 3 is 2.07 bits per heavy atom. The second-order valence-electron chi connectivity index (χ2n) is 3.54. The molecule has 0 aromatic heterocycles. The molecular weight excluding hydrogens is 172 g/mol. The van der Waals surface area contributed by atoms with Crippen LogP contribution in [0.3, 0.4) is 0 Å². The second-order valence-corrected chi connectivity index (χ2v) is 3.54. The summed E-state index contributed by atoms with van der Waals surface area (Å²) in [4.78, 5) is 0. The number of unbranched alkanes of at least 4 members (excludes halogenated alkanes) is 4. The highest BCUT2D eigenvalue weighted by molar-refractivity contribution is 4.92. The van der Waals surface area contributed by atoms with E-state index in [1.54, 1.807) is 0 Å². The molecule has 0 rings (SSSR count). The summed E-state index contributed by atoms with van der Waals surface area (Å²) in [5.74, 6) is 0. The molecule has 0 unspecified atom stereocenters. The molecule has 0 heterocycles. The van der Waals surface area contributed by atoms with E-state index in [1.807, 2.05) is 0 Å². The first kappa shape index (κ1) is 13.4. The minimum atomic E-state index is 0.303. The molecule has 0 aromatic rings. The zero-order chi connectivity index (χ0) is 10.5. The number of aliphatic hydroxyl groups is 1. The molecule has 82 valence electrons. The average Bonchev–Trinajstić information content (AvgIpc) is 2.21. The predicted octanol–water partition coefficient (Wildman–Crippen LogP) is 3.84. The Morgan fingerprint density at radius 2 is 1.50 bits per heavy atom. The smallest absolute Gasteiger partial charge is 0.0433 e. The van der Waals surface area contributed by atoms with Gasteiger partial charge in [-0.2, -0.15) is 0 Å². The Kier molecular flexibility index (Phi) is 11.9. The third-order valence-electron chi connectivity index (χ3n) is 2.11. The van der Waals surface area contributed by atoms with E-state index in [0.29, 0.717) is 6.61 Å². The molecule has 0 amide bonds. The van der Waals surface area contributed by atoms with Crippen molar-refractivity contribution >= 4 is 0 Å². The van der Waals surface area contributed by atoms with E-state index < -0.39 is 0 Å². The van der Waals surface area contributed by atoms with Crippen LogP contribution < -0.4 is 0 Å². The van der Waals surface area contributed by atoms with Gasteiger partial charge in [-0.1, -0.05) is 44.1 Å². The maximum absolute atomic E-state index is 8.54. The first-order valence-electron chi connectivity index (χ1n) is 5.82. The van der Waals surface area contributed by atoms with Gasteiger partial charge in [-0.3, -0.25) is 0 Å². The van der Waals surface area contributed by atoms with Crippen LogP contribution in [0.25, 0.3) is 0 Å². The molecule has 0 radical (unpaired) electrons. The fraction of sp³-hybridized carbons (Fsp3) is 0.692. The molecule has 0 spiro atoms.